The van der Waals surface area contributed by atoms with Crippen molar-refractivity contribution in [3.05, 3.63) is 65.2 Å². The molecule has 2 aliphatic rings. The van der Waals surface area contributed by atoms with Crippen LogP contribution in [-0.2, 0) is 0 Å². The van der Waals surface area contributed by atoms with Crippen LogP contribution in [0.3, 0.4) is 0 Å². The number of nitrogens with one attached hydrogen (secondary N) is 1. The minimum absolute atomic E-state index is 0.143. The van der Waals surface area contributed by atoms with Crippen molar-refractivity contribution in [1.82, 2.24) is 5.32 Å². The predicted molar refractivity (Wildman–Crippen MR) is 126 cm³/mol. The van der Waals surface area contributed by atoms with Gasteiger partial charge in [-0.2, -0.15) is 0 Å². The Morgan fingerprint density at radius 3 is 2.27 bits per heavy atom. The number of nitrogens with zero attached hydrogens (tertiary/aromatic N) is 1. The van der Waals surface area contributed by atoms with Gasteiger partial charge in [-0.05, 0) is 92.4 Å². The summed E-state index contributed by atoms with van der Waals surface area (Å²) in [5, 5.41) is 4.02. The molecule has 2 atom stereocenters. The molecule has 4 nitrogen and oxygen atoms in total. The van der Waals surface area contributed by atoms with E-state index in [2.05, 4.69) is 35.7 Å². The van der Waals surface area contributed by atoms with Crippen LogP contribution in [0.25, 0.3) is 6.08 Å². The van der Waals surface area contributed by atoms with Gasteiger partial charge in [-0.3, -0.25) is 0 Å². The summed E-state index contributed by atoms with van der Waals surface area (Å²) < 4.78 is 11.2. The molecule has 1 aliphatic heterocycles. The standard InChI is InChI=1S/C25H28N2O2S/c1-3-28-20-12-8-17(9-13-20)16-19-6-5-7-22-23(26-25(30)27-24(19)22)18-10-14-21(15-11-18)29-4-2/h8-16,22-23H,3-7H2,1-2H3,(H,26,30)/b19-16-. The molecule has 1 heterocycles. The summed E-state index contributed by atoms with van der Waals surface area (Å²) in [7, 11) is 0. The number of rotatable bonds is 6. The van der Waals surface area contributed by atoms with Gasteiger partial charge in [0.05, 0.1) is 25.0 Å². The molecule has 0 radical (unpaired) electrons. The number of thiocarbonyl (C=S) groups is 1. The third kappa shape index (κ3) is 4.57. The third-order valence-corrected chi connectivity index (χ3v) is 5.84. The van der Waals surface area contributed by atoms with E-state index < -0.39 is 0 Å². The molecule has 0 amide bonds. The van der Waals surface area contributed by atoms with Crippen molar-refractivity contribution in [2.45, 2.75) is 39.2 Å². The fourth-order valence-corrected chi connectivity index (χ4v) is 4.52. The molecular formula is C25H28N2O2S. The second kappa shape index (κ2) is 9.43. The van der Waals surface area contributed by atoms with Gasteiger partial charge in [-0.15, -0.1) is 0 Å². The van der Waals surface area contributed by atoms with Crippen molar-refractivity contribution in [1.29, 1.82) is 0 Å². The highest BCUT2D eigenvalue weighted by Gasteiger charge is 2.36. The zero-order chi connectivity index (χ0) is 20.9. The topological polar surface area (TPSA) is 42.8 Å². The van der Waals surface area contributed by atoms with E-state index in [9.17, 15) is 0 Å². The third-order valence-electron chi connectivity index (χ3n) is 5.63. The lowest BCUT2D eigenvalue weighted by atomic mass is 9.76. The fraction of sp³-hybridized carbons (Fsp3) is 0.360. The normalized spacial score (nSPS) is 22.1. The second-order valence-corrected chi connectivity index (χ2v) is 7.98. The molecule has 0 aromatic heterocycles. The number of hydrogen-bond acceptors (Lipinski definition) is 3. The van der Waals surface area contributed by atoms with Gasteiger partial charge in [0, 0.05) is 5.92 Å². The highest BCUT2D eigenvalue weighted by Crippen LogP contribution is 2.38. The van der Waals surface area contributed by atoms with Gasteiger partial charge in [0.15, 0.2) is 5.11 Å². The first kappa shape index (κ1) is 20.6. The summed E-state index contributed by atoms with van der Waals surface area (Å²) in [5.41, 5.74) is 4.81. The van der Waals surface area contributed by atoms with Crippen LogP contribution < -0.4 is 14.8 Å². The van der Waals surface area contributed by atoms with Crippen molar-refractivity contribution in [3.8, 4) is 11.5 Å². The van der Waals surface area contributed by atoms with E-state index in [0.29, 0.717) is 24.2 Å². The zero-order valence-electron chi connectivity index (χ0n) is 17.6. The van der Waals surface area contributed by atoms with Crippen molar-refractivity contribution in [2.75, 3.05) is 13.2 Å². The molecule has 30 heavy (non-hydrogen) atoms. The molecule has 4 rings (SSSR count). The molecule has 5 heteroatoms. The summed E-state index contributed by atoms with van der Waals surface area (Å²) in [6.07, 6.45) is 5.53. The van der Waals surface area contributed by atoms with Gasteiger partial charge in [-0.25, -0.2) is 4.99 Å². The summed E-state index contributed by atoms with van der Waals surface area (Å²) >= 11 is 5.52. The number of ether oxygens (including phenoxy) is 2. The van der Waals surface area contributed by atoms with Gasteiger partial charge in [0.2, 0.25) is 0 Å². The summed E-state index contributed by atoms with van der Waals surface area (Å²) in [4.78, 5) is 4.77. The quantitative estimate of drug-likeness (QED) is 0.605. The Bertz CT molecular complexity index is 948. The number of fused-ring (bicyclic) bond motifs is 1. The van der Waals surface area contributed by atoms with Crippen molar-refractivity contribution in [2.24, 2.45) is 10.9 Å². The molecule has 2 unspecified atom stereocenters. The first-order valence-electron chi connectivity index (χ1n) is 10.7. The lowest BCUT2D eigenvalue weighted by molar-refractivity contribution is 0.340. The monoisotopic (exact) mass is 420 g/mol. The minimum atomic E-state index is 0.143. The lowest BCUT2D eigenvalue weighted by Crippen LogP contribution is -2.42. The van der Waals surface area contributed by atoms with Crippen LogP contribution in [0.5, 0.6) is 11.5 Å². The van der Waals surface area contributed by atoms with Crippen LogP contribution in [0.4, 0.5) is 0 Å². The predicted octanol–water partition coefficient (Wildman–Crippen LogP) is 5.74. The first-order valence-corrected chi connectivity index (χ1v) is 11.1. The van der Waals surface area contributed by atoms with Crippen LogP contribution in [0.2, 0.25) is 0 Å². The average molecular weight is 421 g/mol. The van der Waals surface area contributed by atoms with Crippen LogP contribution in [0, 0.1) is 5.92 Å². The molecule has 1 saturated carbocycles. The summed E-state index contributed by atoms with van der Waals surface area (Å²) in [6.45, 7) is 5.34. The Kier molecular flexibility index (Phi) is 6.48. The van der Waals surface area contributed by atoms with E-state index >= 15 is 0 Å². The maximum absolute atomic E-state index is 5.60. The Labute approximate surface area is 184 Å². The summed E-state index contributed by atoms with van der Waals surface area (Å²) in [5.74, 6) is 2.11. The van der Waals surface area contributed by atoms with Crippen LogP contribution in [0.15, 0.2) is 59.1 Å². The van der Waals surface area contributed by atoms with Crippen LogP contribution in [-0.4, -0.2) is 24.0 Å². The van der Waals surface area contributed by atoms with Gasteiger partial charge < -0.3 is 14.8 Å². The van der Waals surface area contributed by atoms with E-state index in [4.69, 9.17) is 26.7 Å². The molecule has 0 saturated heterocycles. The second-order valence-electron chi connectivity index (χ2n) is 7.60. The van der Waals surface area contributed by atoms with Gasteiger partial charge in [-0.1, -0.05) is 24.3 Å². The molecule has 156 valence electrons. The van der Waals surface area contributed by atoms with E-state index in [0.717, 1.165) is 36.5 Å². The maximum Gasteiger partial charge on any atom is 0.193 e. The Balaban J connectivity index is 1.60. The van der Waals surface area contributed by atoms with Crippen LogP contribution in [0.1, 0.15) is 50.3 Å². The largest absolute Gasteiger partial charge is 0.494 e. The average Bonchev–Trinajstić information content (AvgIpc) is 2.76. The molecule has 2 aromatic rings. The number of allylic oxidation sites excluding steroid dienone is 1. The molecular weight excluding hydrogens is 392 g/mol. The molecule has 1 N–H and O–H groups in total. The number of hydrogen-bond donors (Lipinski definition) is 1. The van der Waals surface area contributed by atoms with E-state index in [-0.39, 0.29) is 6.04 Å². The van der Waals surface area contributed by atoms with Crippen molar-refractivity contribution in [3.63, 3.8) is 0 Å². The Morgan fingerprint density at radius 1 is 1.00 bits per heavy atom. The fourth-order valence-electron chi connectivity index (χ4n) is 4.30. The van der Waals surface area contributed by atoms with E-state index in [1.54, 1.807) is 0 Å². The Morgan fingerprint density at radius 2 is 1.63 bits per heavy atom. The molecule has 0 bridgehead atoms. The Hall–Kier alpha value is -2.66. The molecule has 0 spiro atoms. The van der Waals surface area contributed by atoms with Crippen molar-refractivity contribution < 1.29 is 9.47 Å². The lowest BCUT2D eigenvalue weighted by Gasteiger charge is -2.37. The first-order chi connectivity index (χ1) is 14.7. The molecule has 1 aliphatic carbocycles. The molecule has 1 fully saturated rings. The number of aliphatic imine (C=N–C) groups is 1. The van der Waals surface area contributed by atoms with Gasteiger partial charge >= 0.3 is 0 Å². The SMILES string of the molecule is CCOc1ccc(/C=C2/CCCC3C2=NC(=S)NC3c2ccc(OCC)cc2)cc1. The number of benzene rings is 2. The van der Waals surface area contributed by atoms with Crippen molar-refractivity contribution >= 4 is 29.1 Å². The highest BCUT2D eigenvalue weighted by molar-refractivity contribution is 7.80. The highest BCUT2D eigenvalue weighted by atomic mass is 32.1. The van der Waals surface area contributed by atoms with E-state index in [1.807, 2.05) is 38.1 Å². The maximum atomic E-state index is 5.60. The minimum Gasteiger partial charge on any atom is -0.494 e. The van der Waals surface area contributed by atoms with Gasteiger partial charge in [0.25, 0.3) is 0 Å². The van der Waals surface area contributed by atoms with E-state index in [1.165, 1.54) is 16.7 Å². The zero-order valence-corrected chi connectivity index (χ0v) is 18.4. The van der Waals surface area contributed by atoms with Crippen LogP contribution >= 0.6 is 12.2 Å². The van der Waals surface area contributed by atoms with Gasteiger partial charge in [0.1, 0.15) is 11.5 Å². The smallest absolute Gasteiger partial charge is 0.193 e. The summed E-state index contributed by atoms with van der Waals surface area (Å²) in [6, 6.07) is 16.7. The molecule has 2 aromatic carbocycles.